The number of hydrogen-bond acceptors (Lipinski definition) is 3. The van der Waals surface area contributed by atoms with Crippen molar-refractivity contribution in [3.63, 3.8) is 0 Å². The second kappa shape index (κ2) is 4.61. The predicted molar refractivity (Wildman–Crippen MR) is 50.4 cm³/mol. The molecule has 3 nitrogen and oxygen atoms in total. The molecule has 0 aliphatic heterocycles. The van der Waals surface area contributed by atoms with Crippen LogP contribution in [0.3, 0.4) is 0 Å². The average molecular weight is 189 g/mol. The number of hydrogen-bond donors (Lipinski definition) is 0. The van der Waals surface area contributed by atoms with Crippen molar-refractivity contribution in [3.05, 3.63) is 0 Å². The molecule has 0 bridgehead atoms. The average Bonchev–Trinajstić information content (AvgIpc) is 1.81. The molecule has 0 aliphatic rings. The summed E-state index contributed by atoms with van der Waals surface area (Å²) in [6.07, 6.45) is 2.09. The summed E-state index contributed by atoms with van der Waals surface area (Å²) in [5, 5.41) is 0. The number of isocyanates is 1. The van der Waals surface area contributed by atoms with E-state index in [4.69, 9.17) is 4.12 Å². The van der Waals surface area contributed by atoms with E-state index >= 15 is 0 Å². The molecule has 64 valence electrons. The second-order valence-corrected chi connectivity index (χ2v) is 10.2. The van der Waals surface area contributed by atoms with Crippen molar-refractivity contribution in [1.82, 2.24) is 0 Å². The van der Waals surface area contributed by atoms with E-state index in [-0.39, 0.29) is 0 Å². The molecule has 0 unspecified atom stereocenters. The van der Waals surface area contributed by atoms with E-state index in [1.807, 2.05) is 0 Å². The van der Waals surface area contributed by atoms with E-state index in [9.17, 15) is 4.79 Å². The van der Waals surface area contributed by atoms with Gasteiger partial charge in [0.1, 0.15) is 0 Å². The first-order valence-electron chi connectivity index (χ1n) is 3.69. The Labute approximate surface area is 70.3 Å². The first-order chi connectivity index (χ1) is 4.98. The third kappa shape index (κ3) is 6.18. The SMILES string of the molecule is C[SiH](C)O[Si](C)(C)CN=C=O. The van der Waals surface area contributed by atoms with Gasteiger partial charge in [-0.15, -0.1) is 0 Å². The van der Waals surface area contributed by atoms with E-state index in [2.05, 4.69) is 31.2 Å². The quantitative estimate of drug-likeness (QED) is 0.377. The molecule has 5 heteroatoms. The molecule has 0 fully saturated rings. The van der Waals surface area contributed by atoms with Gasteiger partial charge < -0.3 is 4.12 Å². The Kier molecular flexibility index (Phi) is 4.52. The van der Waals surface area contributed by atoms with E-state index in [1.54, 1.807) is 6.08 Å². The first kappa shape index (κ1) is 10.8. The highest BCUT2D eigenvalue weighted by atomic mass is 28.4. The summed E-state index contributed by atoms with van der Waals surface area (Å²) in [6, 6.07) is 0. The van der Waals surface area contributed by atoms with E-state index in [0.29, 0.717) is 6.17 Å². The zero-order valence-electron chi connectivity index (χ0n) is 7.55. The summed E-state index contributed by atoms with van der Waals surface area (Å²) in [5.74, 6) is 0. The maximum absolute atomic E-state index is 9.82. The maximum atomic E-state index is 9.82. The van der Waals surface area contributed by atoms with Gasteiger partial charge >= 0.3 is 0 Å². The van der Waals surface area contributed by atoms with Crippen molar-refractivity contribution in [3.8, 4) is 0 Å². The summed E-state index contributed by atoms with van der Waals surface area (Å²) in [6.45, 7) is 8.39. The third-order valence-corrected chi connectivity index (χ3v) is 6.44. The minimum absolute atomic E-state index is 0.543. The van der Waals surface area contributed by atoms with Crippen LogP contribution in [0.25, 0.3) is 0 Å². The van der Waals surface area contributed by atoms with Gasteiger partial charge in [0.15, 0.2) is 17.4 Å². The third-order valence-electron chi connectivity index (χ3n) is 1.08. The molecule has 0 atom stereocenters. The molecule has 0 N–H and O–H groups in total. The van der Waals surface area contributed by atoms with Crippen molar-refractivity contribution in [2.75, 3.05) is 6.17 Å². The van der Waals surface area contributed by atoms with Crippen LogP contribution in [-0.2, 0) is 8.91 Å². The highest BCUT2D eigenvalue weighted by Crippen LogP contribution is 2.05. The van der Waals surface area contributed by atoms with Crippen LogP contribution in [-0.4, -0.2) is 29.6 Å². The summed E-state index contributed by atoms with van der Waals surface area (Å²) >= 11 is 0. The normalized spacial score (nSPS) is 11.4. The Morgan fingerprint density at radius 1 is 1.55 bits per heavy atom. The van der Waals surface area contributed by atoms with Crippen LogP contribution in [0.2, 0.25) is 26.2 Å². The predicted octanol–water partition coefficient (Wildman–Crippen LogP) is 1.07. The Morgan fingerprint density at radius 2 is 2.09 bits per heavy atom. The molecule has 0 radical (unpaired) electrons. The number of nitrogens with zero attached hydrogens (tertiary/aromatic N) is 1. The lowest BCUT2D eigenvalue weighted by Crippen LogP contribution is -2.38. The molecule has 0 saturated heterocycles. The Bertz CT molecular complexity index is 164. The van der Waals surface area contributed by atoms with Crippen LogP contribution >= 0.6 is 0 Å². The molecule has 0 aromatic carbocycles. The Balaban J connectivity index is 3.88. The molecule has 0 rings (SSSR count). The fourth-order valence-electron chi connectivity index (χ4n) is 0.898. The van der Waals surface area contributed by atoms with E-state index < -0.39 is 17.4 Å². The van der Waals surface area contributed by atoms with Crippen molar-refractivity contribution >= 4 is 23.4 Å². The first-order valence-corrected chi connectivity index (χ1v) is 9.59. The van der Waals surface area contributed by atoms with Crippen molar-refractivity contribution in [1.29, 1.82) is 0 Å². The zero-order valence-corrected chi connectivity index (χ0v) is 9.70. The summed E-state index contributed by atoms with van der Waals surface area (Å²) < 4.78 is 5.74. The van der Waals surface area contributed by atoms with Crippen molar-refractivity contribution in [2.24, 2.45) is 4.99 Å². The van der Waals surface area contributed by atoms with E-state index in [1.165, 1.54) is 0 Å². The van der Waals surface area contributed by atoms with Crippen LogP contribution in [0.1, 0.15) is 0 Å². The fraction of sp³-hybridized carbons (Fsp3) is 0.833. The van der Waals surface area contributed by atoms with E-state index in [0.717, 1.165) is 0 Å². The minimum atomic E-state index is -1.65. The van der Waals surface area contributed by atoms with Gasteiger partial charge in [-0.1, -0.05) is 0 Å². The molecular weight excluding hydrogens is 174 g/mol. The monoisotopic (exact) mass is 189 g/mol. The van der Waals surface area contributed by atoms with Gasteiger partial charge in [0.05, 0.1) is 6.17 Å². The molecule has 0 spiro atoms. The largest absolute Gasteiger partial charge is 0.457 e. The lowest BCUT2D eigenvalue weighted by atomic mass is 11.4. The molecule has 0 saturated carbocycles. The Morgan fingerprint density at radius 3 is 2.45 bits per heavy atom. The van der Waals surface area contributed by atoms with Gasteiger partial charge in [0, 0.05) is 0 Å². The lowest BCUT2D eigenvalue weighted by molar-refractivity contribution is 0.557. The highest BCUT2D eigenvalue weighted by molar-refractivity contribution is 6.78. The smallest absolute Gasteiger partial charge is 0.234 e. The molecular formula is C6H15NO2Si2. The van der Waals surface area contributed by atoms with Crippen molar-refractivity contribution < 1.29 is 8.91 Å². The molecule has 0 aliphatic carbocycles. The van der Waals surface area contributed by atoms with Gasteiger partial charge in [-0.05, 0) is 26.2 Å². The summed E-state index contributed by atoms with van der Waals surface area (Å²) in [5.41, 5.74) is 0. The number of carbonyl (C=O) groups excluding carboxylic acids is 1. The van der Waals surface area contributed by atoms with Crippen molar-refractivity contribution in [2.45, 2.75) is 26.2 Å². The molecule has 0 aromatic heterocycles. The van der Waals surface area contributed by atoms with Gasteiger partial charge in [-0.2, -0.15) is 0 Å². The molecule has 0 amide bonds. The van der Waals surface area contributed by atoms with Gasteiger partial charge in [-0.3, -0.25) is 0 Å². The fourth-order valence-corrected chi connectivity index (χ4v) is 6.75. The lowest BCUT2D eigenvalue weighted by Gasteiger charge is -2.22. The minimum Gasteiger partial charge on any atom is -0.457 e. The van der Waals surface area contributed by atoms with Crippen LogP contribution < -0.4 is 0 Å². The number of aliphatic imine (C=N–C) groups is 1. The van der Waals surface area contributed by atoms with Gasteiger partial charge in [0.2, 0.25) is 6.08 Å². The van der Waals surface area contributed by atoms with Crippen LogP contribution in [0, 0.1) is 0 Å². The Hall–Kier alpha value is -0.226. The van der Waals surface area contributed by atoms with Gasteiger partial charge in [-0.25, -0.2) is 9.79 Å². The second-order valence-electron chi connectivity index (χ2n) is 3.33. The van der Waals surface area contributed by atoms with Gasteiger partial charge in [0.25, 0.3) is 0 Å². The topological polar surface area (TPSA) is 38.7 Å². The zero-order chi connectivity index (χ0) is 8.91. The maximum Gasteiger partial charge on any atom is 0.234 e. The van der Waals surface area contributed by atoms with Crippen LogP contribution in [0.15, 0.2) is 4.99 Å². The summed E-state index contributed by atoms with van der Waals surface area (Å²) in [4.78, 5) is 13.4. The molecule has 0 heterocycles. The molecule has 0 aromatic rings. The highest BCUT2D eigenvalue weighted by Gasteiger charge is 2.22. The number of rotatable bonds is 4. The molecule has 11 heavy (non-hydrogen) atoms. The summed E-state index contributed by atoms with van der Waals surface area (Å²) in [7, 11) is -2.62. The van der Waals surface area contributed by atoms with Crippen LogP contribution in [0.5, 0.6) is 0 Å². The van der Waals surface area contributed by atoms with Crippen LogP contribution in [0.4, 0.5) is 0 Å². The standard InChI is InChI=1S/C6H15NO2Si2/c1-10(2)9-11(3,4)6-7-5-8/h10H,6H2,1-4H3.